The number of rotatable bonds is 10. The van der Waals surface area contributed by atoms with Gasteiger partial charge < -0.3 is 10.7 Å². The van der Waals surface area contributed by atoms with Crippen LogP contribution in [0.15, 0.2) is 170 Å². The average Bonchev–Trinajstić information content (AvgIpc) is 3.77. The number of benzene rings is 6. The number of hydrazine groups is 1. The van der Waals surface area contributed by atoms with Crippen molar-refractivity contribution in [3.05, 3.63) is 192 Å². The first-order valence-electron chi connectivity index (χ1n) is 16.8. The van der Waals surface area contributed by atoms with E-state index in [0.29, 0.717) is 6.54 Å². The first-order chi connectivity index (χ1) is 24.7. The molecule has 0 saturated heterocycles. The summed E-state index contributed by atoms with van der Waals surface area (Å²) in [5.41, 5.74) is 14.9. The van der Waals surface area contributed by atoms with Crippen LogP contribution in [0.4, 0.5) is 11.4 Å². The molecule has 4 nitrogen and oxygen atoms in total. The number of anilines is 2. The van der Waals surface area contributed by atoms with Crippen molar-refractivity contribution >= 4 is 50.8 Å². The van der Waals surface area contributed by atoms with Crippen LogP contribution in [0.2, 0.25) is 0 Å². The summed E-state index contributed by atoms with van der Waals surface area (Å²) in [6.45, 7) is 8.80. The summed E-state index contributed by atoms with van der Waals surface area (Å²) in [6.07, 6.45) is 3.73. The first-order valence-corrected chi connectivity index (χ1v) is 17.6. The SMILES string of the molecule is C=Cc1sc2c(-c3ccc(Nc4cccc(CN5NC(c6ccccc6)=NC5c5ccccc5)c4)c(-c4ccccc4)c3)cccc2c1C=C. The van der Waals surface area contributed by atoms with Crippen LogP contribution in [0.1, 0.15) is 33.3 Å². The highest BCUT2D eigenvalue weighted by Crippen LogP contribution is 2.42. The Hall–Kier alpha value is -6.01. The lowest BCUT2D eigenvalue weighted by Gasteiger charge is -2.24. The minimum absolute atomic E-state index is 0.141. The Balaban J connectivity index is 1.11. The molecule has 1 aliphatic rings. The first kappa shape index (κ1) is 31.3. The van der Waals surface area contributed by atoms with Crippen LogP contribution in [0.3, 0.4) is 0 Å². The Morgan fingerprint density at radius 1 is 0.680 bits per heavy atom. The van der Waals surface area contributed by atoms with Crippen molar-refractivity contribution in [2.45, 2.75) is 12.7 Å². The van der Waals surface area contributed by atoms with Gasteiger partial charge in [-0.15, -0.1) is 11.3 Å². The van der Waals surface area contributed by atoms with Crippen molar-refractivity contribution in [2.75, 3.05) is 5.32 Å². The van der Waals surface area contributed by atoms with E-state index >= 15 is 0 Å². The lowest BCUT2D eigenvalue weighted by atomic mass is 9.96. The van der Waals surface area contributed by atoms with Crippen molar-refractivity contribution in [3.63, 3.8) is 0 Å². The zero-order valence-electron chi connectivity index (χ0n) is 27.6. The van der Waals surface area contributed by atoms with E-state index in [0.717, 1.165) is 49.9 Å². The Labute approximate surface area is 297 Å². The van der Waals surface area contributed by atoms with Gasteiger partial charge in [0.2, 0.25) is 0 Å². The fourth-order valence-corrected chi connectivity index (χ4v) is 7.87. The Morgan fingerprint density at radius 2 is 1.40 bits per heavy atom. The Kier molecular flexibility index (Phi) is 8.66. The summed E-state index contributed by atoms with van der Waals surface area (Å²) >= 11 is 1.77. The molecule has 1 unspecified atom stereocenters. The minimum atomic E-state index is -0.141. The van der Waals surface area contributed by atoms with Crippen LogP contribution < -0.4 is 10.7 Å². The van der Waals surface area contributed by atoms with Gasteiger partial charge in [0.05, 0.1) is 0 Å². The summed E-state index contributed by atoms with van der Waals surface area (Å²) in [7, 11) is 0. The van der Waals surface area contributed by atoms with E-state index in [2.05, 4.69) is 156 Å². The highest BCUT2D eigenvalue weighted by molar-refractivity contribution is 7.20. The fraction of sp³-hybridized carbons (Fsp3) is 0.0444. The van der Waals surface area contributed by atoms with Gasteiger partial charge in [0.15, 0.2) is 0 Å². The molecule has 1 aromatic heterocycles. The third-order valence-corrected chi connectivity index (χ3v) is 10.3. The monoisotopic (exact) mass is 664 g/mol. The molecule has 6 aromatic carbocycles. The number of thiophene rings is 1. The van der Waals surface area contributed by atoms with Gasteiger partial charge in [-0.2, -0.15) is 5.01 Å². The smallest absolute Gasteiger partial charge is 0.147 e. The van der Waals surface area contributed by atoms with Gasteiger partial charge in [-0.05, 0) is 57.6 Å². The average molecular weight is 665 g/mol. The molecule has 0 bridgehead atoms. The van der Waals surface area contributed by atoms with E-state index < -0.39 is 0 Å². The molecule has 7 aromatic rings. The maximum atomic E-state index is 5.12. The zero-order chi connectivity index (χ0) is 33.9. The third-order valence-electron chi connectivity index (χ3n) is 9.09. The highest BCUT2D eigenvalue weighted by atomic mass is 32.1. The van der Waals surface area contributed by atoms with E-state index in [-0.39, 0.29) is 6.17 Å². The number of fused-ring (bicyclic) bond motifs is 1. The van der Waals surface area contributed by atoms with Gasteiger partial charge in [0, 0.05) is 44.0 Å². The standard InChI is InChI=1S/C45H36N4S/c1-3-37-39-25-15-24-38(43(39)50-42(37)4-2)35-26-27-41(40(29-35)32-17-8-5-9-18-32)46-36-23-14-16-31(28-36)30-49-45(34-21-12-7-13-22-34)47-44(48-49)33-19-10-6-11-20-33/h3-29,45-46H,1-2,30H2,(H,47,48). The van der Waals surface area contributed by atoms with Gasteiger partial charge in [-0.3, -0.25) is 0 Å². The molecule has 242 valence electrons. The zero-order valence-corrected chi connectivity index (χ0v) is 28.4. The van der Waals surface area contributed by atoms with Crippen molar-refractivity contribution in [2.24, 2.45) is 4.99 Å². The van der Waals surface area contributed by atoms with E-state index in [1.54, 1.807) is 11.3 Å². The molecule has 2 N–H and O–H groups in total. The number of nitrogens with zero attached hydrogens (tertiary/aromatic N) is 2. The molecule has 50 heavy (non-hydrogen) atoms. The van der Waals surface area contributed by atoms with Crippen LogP contribution in [-0.4, -0.2) is 10.8 Å². The van der Waals surface area contributed by atoms with Gasteiger partial charge >= 0.3 is 0 Å². The van der Waals surface area contributed by atoms with Gasteiger partial charge in [0.1, 0.15) is 12.0 Å². The number of hydrogen-bond acceptors (Lipinski definition) is 5. The molecule has 0 aliphatic carbocycles. The van der Waals surface area contributed by atoms with Crippen molar-refractivity contribution in [1.82, 2.24) is 10.4 Å². The second-order valence-electron chi connectivity index (χ2n) is 12.3. The fourth-order valence-electron chi connectivity index (χ4n) is 6.68. The molecule has 8 rings (SSSR count). The van der Waals surface area contributed by atoms with E-state index in [1.165, 1.54) is 26.8 Å². The maximum Gasteiger partial charge on any atom is 0.147 e. The largest absolute Gasteiger partial charge is 0.355 e. The summed E-state index contributed by atoms with van der Waals surface area (Å²) < 4.78 is 1.24. The molecule has 1 atom stereocenters. The minimum Gasteiger partial charge on any atom is -0.355 e. The second kappa shape index (κ2) is 13.8. The van der Waals surface area contributed by atoms with Crippen molar-refractivity contribution in [1.29, 1.82) is 0 Å². The van der Waals surface area contributed by atoms with Gasteiger partial charge in [-0.25, -0.2) is 4.99 Å². The molecule has 0 saturated carbocycles. The number of amidine groups is 1. The Bertz CT molecular complexity index is 2340. The highest BCUT2D eigenvalue weighted by Gasteiger charge is 2.28. The lowest BCUT2D eigenvalue weighted by molar-refractivity contribution is 0.181. The number of aliphatic imine (C=N–C) groups is 1. The molecule has 0 amide bonds. The topological polar surface area (TPSA) is 39.7 Å². The van der Waals surface area contributed by atoms with Crippen molar-refractivity contribution in [3.8, 4) is 22.3 Å². The molecule has 5 heteroatoms. The quantitative estimate of drug-likeness (QED) is 0.153. The van der Waals surface area contributed by atoms with E-state index in [1.807, 2.05) is 36.4 Å². The van der Waals surface area contributed by atoms with E-state index in [9.17, 15) is 0 Å². The van der Waals surface area contributed by atoms with Gasteiger partial charge in [0.25, 0.3) is 0 Å². The molecule has 0 fully saturated rings. The predicted molar refractivity (Wildman–Crippen MR) is 213 cm³/mol. The Morgan fingerprint density at radius 3 is 2.14 bits per heavy atom. The second-order valence-corrected chi connectivity index (χ2v) is 13.3. The van der Waals surface area contributed by atoms with Crippen LogP contribution >= 0.6 is 11.3 Å². The number of hydrogen-bond donors (Lipinski definition) is 2. The molecule has 2 heterocycles. The molecule has 0 spiro atoms. The lowest BCUT2D eigenvalue weighted by Crippen LogP contribution is -2.37. The number of nitrogens with one attached hydrogen (secondary N) is 2. The summed E-state index contributed by atoms with van der Waals surface area (Å²) in [5, 5.41) is 7.19. The predicted octanol–water partition coefficient (Wildman–Crippen LogP) is 11.7. The van der Waals surface area contributed by atoms with Crippen LogP contribution in [0.25, 0.3) is 44.5 Å². The van der Waals surface area contributed by atoms with Gasteiger partial charge in [-0.1, -0.05) is 153 Å². The van der Waals surface area contributed by atoms with Crippen LogP contribution in [0, 0.1) is 0 Å². The molecular weight excluding hydrogens is 629 g/mol. The summed E-state index contributed by atoms with van der Waals surface area (Å²) in [4.78, 5) is 6.26. The molecule has 1 aliphatic heterocycles. The van der Waals surface area contributed by atoms with E-state index in [4.69, 9.17) is 4.99 Å². The molecular formula is C45H36N4S. The third kappa shape index (κ3) is 6.16. The van der Waals surface area contributed by atoms with Crippen LogP contribution in [0.5, 0.6) is 0 Å². The van der Waals surface area contributed by atoms with Crippen molar-refractivity contribution < 1.29 is 0 Å². The summed E-state index contributed by atoms with van der Waals surface area (Å²) in [6, 6.07) is 53.3. The molecule has 0 radical (unpaired) electrons. The van der Waals surface area contributed by atoms with Crippen LogP contribution in [-0.2, 0) is 6.54 Å². The maximum absolute atomic E-state index is 5.12. The summed E-state index contributed by atoms with van der Waals surface area (Å²) in [5.74, 6) is 0.876. The normalized spacial score (nSPS) is 14.2.